The Kier molecular flexibility index (Phi) is 6.93. The molecule has 2 aromatic rings. The fourth-order valence-electron chi connectivity index (χ4n) is 3.64. The number of carbonyl (C=O) groups excluding carboxylic acids is 2. The molecule has 1 aliphatic heterocycles. The minimum absolute atomic E-state index is 0.106. The summed E-state index contributed by atoms with van der Waals surface area (Å²) in [5.74, 6) is -0.432. The number of pyridine rings is 1. The molecule has 5 nitrogen and oxygen atoms in total. The quantitative estimate of drug-likeness (QED) is 0.800. The number of amides is 2. The molecule has 1 aromatic carbocycles. The summed E-state index contributed by atoms with van der Waals surface area (Å²) in [5, 5.41) is 3.26. The highest BCUT2D eigenvalue weighted by Gasteiger charge is 2.37. The third kappa shape index (κ3) is 4.65. The van der Waals surface area contributed by atoms with E-state index in [-0.39, 0.29) is 29.8 Å². The largest absolute Gasteiger partial charge is 0.306 e. The summed E-state index contributed by atoms with van der Waals surface area (Å²) in [6.45, 7) is 4.70. The molecule has 0 spiro atoms. The van der Waals surface area contributed by atoms with Crippen molar-refractivity contribution in [2.45, 2.75) is 51.6 Å². The Morgan fingerprint density at radius 2 is 1.93 bits per heavy atom. The highest BCUT2D eigenvalue weighted by Crippen LogP contribution is 2.28. The Hall–Kier alpha value is -2.53. The van der Waals surface area contributed by atoms with Gasteiger partial charge in [-0.05, 0) is 43.5 Å². The molecule has 0 saturated carbocycles. The van der Waals surface area contributed by atoms with E-state index in [0.29, 0.717) is 12.8 Å². The third-order valence-corrected chi connectivity index (χ3v) is 5.49. The van der Waals surface area contributed by atoms with Crippen molar-refractivity contribution < 1.29 is 9.59 Å². The van der Waals surface area contributed by atoms with Gasteiger partial charge < -0.3 is 5.32 Å². The normalized spacial score (nSPS) is 18.4. The number of rotatable bonds is 7. The second-order valence-electron chi connectivity index (χ2n) is 7.46. The predicted molar refractivity (Wildman–Crippen MR) is 109 cm³/mol. The first-order chi connectivity index (χ1) is 13.6. The number of imide groups is 1. The molecule has 0 bridgehead atoms. The van der Waals surface area contributed by atoms with Crippen molar-refractivity contribution in [2.24, 2.45) is 5.92 Å². The van der Waals surface area contributed by atoms with Crippen LogP contribution >= 0.6 is 0 Å². The molecule has 2 amide bonds. The molecule has 0 radical (unpaired) electrons. The first kappa shape index (κ1) is 20.2. The number of nitrogens with one attached hydrogen (secondary N) is 1. The van der Waals surface area contributed by atoms with Crippen molar-refractivity contribution in [3.05, 3.63) is 66.0 Å². The van der Waals surface area contributed by atoms with E-state index in [2.05, 4.69) is 10.3 Å². The van der Waals surface area contributed by atoms with E-state index in [1.54, 1.807) is 6.20 Å². The number of hydrogen-bond acceptors (Lipinski definition) is 4. The highest BCUT2D eigenvalue weighted by atomic mass is 16.2. The van der Waals surface area contributed by atoms with E-state index in [0.717, 1.165) is 30.6 Å². The average molecular weight is 380 g/mol. The van der Waals surface area contributed by atoms with Crippen molar-refractivity contribution in [3.63, 3.8) is 0 Å². The first-order valence-corrected chi connectivity index (χ1v) is 10.2. The van der Waals surface area contributed by atoms with Crippen LogP contribution in [0.5, 0.6) is 0 Å². The van der Waals surface area contributed by atoms with E-state index < -0.39 is 0 Å². The van der Waals surface area contributed by atoms with Crippen LogP contribution in [-0.2, 0) is 16.0 Å². The molecule has 3 atom stereocenters. The van der Waals surface area contributed by atoms with Crippen LogP contribution in [-0.4, -0.2) is 34.3 Å². The lowest BCUT2D eigenvalue weighted by molar-refractivity contribution is -0.151. The molecular weight excluding hydrogens is 350 g/mol. The van der Waals surface area contributed by atoms with Gasteiger partial charge in [-0.1, -0.05) is 50.2 Å². The maximum Gasteiger partial charge on any atom is 0.246 e. The molecule has 0 aliphatic carbocycles. The van der Waals surface area contributed by atoms with Gasteiger partial charge in [-0.25, -0.2) is 0 Å². The summed E-state index contributed by atoms with van der Waals surface area (Å²) in [4.78, 5) is 32.7. The van der Waals surface area contributed by atoms with Gasteiger partial charge in [0.15, 0.2) is 0 Å². The lowest BCUT2D eigenvalue weighted by Crippen LogP contribution is -2.50. The van der Waals surface area contributed by atoms with Gasteiger partial charge in [0, 0.05) is 24.2 Å². The van der Waals surface area contributed by atoms with Crippen LogP contribution in [0.15, 0.2) is 54.7 Å². The van der Waals surface area contributed by atoms with E-state index >= 15 is 0 Å². The molecule has 1 fully saturated rings. The van der Waals surface area contributed by atoms with Crippen LogP contribution in [0, 0.1) is 5.92 Å². The highest BCUT2D eigenvalue weighted by molar-refractivity contribution is 5.99. The van der Waals surface area contributed by atoms with Gasteiger partial charge >= 0.3 is 0 Å². The maximum atomic E-state index is 13.4. The lowest BCUT2D eigenvalue weighted by atomic mass is 9.96. The molecule has 2 heterocycles. The minimum atomic E-state index is -0.368. The summed E-state index contributed by atoms with van der Waals surface area (Å²) >= 11 is 0. The van der Waals surface area contributed by atoms with E-state index in [1.165, 1.54) is 4.90 Å². The van der Waals surface area contributed by atoms with Gasteiger partial charge in [0.1, 0.15) is 0 Å². The molecule has 28 heavy (non-hydrogen) atoms. The zero-order valence-corrected chi connectivity index (χ0v) is 16.7. The summed E-state index contributed by atoms with van der Waals surface area (Å²) in [7, 11) is 0. The van der Waals surface area contributed by atoms with Crippen molar-refractivity contribution in [2.75, 3.05) is 6.54 Å². The molecule has 0 unspecified atom stereocenters. The predicted octanol–water partition coefficient (Wildman–Crippen LogP) is 3.52. The van der Waals surface area contributed by atoms with Gasteiger partial charge in [0.05, 0.1) is 12.1 Å². The molecule has 1 N–H and O–H groups in total. The lowest BCUT2D eigenvalue weighted by Gasteiger charge is -2.34. The SMILES string of the molecule is CC[C@H](C)C(=O)N(C(=O)[C@@H]1CCCN1)[C@@H](Cc1ccccn1)c1ccccc1. The summed E-state index contributed by atoms with van der Waals surface area (Å²) in [6.07, 6.45) is 4.68. The van der Waals surface area contributed by atoms with Crippen molar-refractivity contribution >= 4 is 11.8 Å². The monoisotopic (exact) mass is 379 g/mol. The summed E-state index contributed by atoms with van der Waals surface area (Å²) < 4.78 is 0. The van der Waals surface area contributed by atoms with Crippen LogP contribution in [0.4, 0.5) is 0 Å². The number of carbonyl (C=O) groups is 2. The Balaban J connectivity index is 2.01. The van der Waals surface area contributed by atoms with E-state index in [1.807, 2.05) is 62.4 Å². The second kappa shape index (κ2) is 9.60. The van der Waals surface area contributed by atoms with Crippen LogP contribution in [0.25, 0.3) is 0 Å². The zero-order valence-electron chi connectivity index (χ0n) is 16.7. The molecule has 148 valence electrons. The summed E-state index contributed by atoms with van der Waals surface area (Å²) in [5.41, 5.74) is 1.82. The Bertz CT molecular complexity index is 773. The second-order valence-corrected chi connectivity index (χ2v) is 7.46. The number of nitrogens with zero attached hydrogens (tertiary/aromatic N) is 2. The number of benzene rings is 1. The number of hydrogen-bond donors (Lipinski definition) is 1. The molecular formula is C23H29N3O2. The standard InChI is InChI=1S/C23H29N3O2/c1-3-17(2)22(27)26(23(28)20-13-9-15-25-20)21(18-10-5-4-6-11-18)16-19-12-7-8-14-24-19/h4-8,10-12,14,17,20-21,25H,3,9,13,15-16H2,1-2H3/t17-,20-,21-/m0/s1. The molecule has 1 saturated heterocycles. The smallest absolute Gasteiger partial charge is 0.246 e. The Morgan fingerprint density at radius 1 is 1.18 bits per heavy atom. The molecule has 1 aromatic heterocycles. The fourth-order valence-corrected chi connectivity index (χ4v) is 3.64. The van der Waals surface area contributed by atoms with Gasteiger partial charge in [0.25, 0.3) is 0 Å². The van der Waals surface area contributed by atoms with Crippen molar-refractivity contribution in [3.8, 4) is 0 Å². The van der Waals surface area contributed by atoms with Gasteiger partial charge in [0.2, 0.25) is 11.8 Å². The fraction of sp³-hybridized carbons (Fsp3) is 0.435. The molecule has 3 rings (SSSR count). The van der Waals surface area contributed by atoms with Crippen LogP contribution in [0.2, 0.25) is 0 Å². The first-order valence-electron chi connectivity index (χ1n) is 10.2. The van der Waals surface area contributed by atoms with Crippen molar-refractivity contribution in [1.82, 2.24) is 15.2 Å². The average Bonchev–Trinajstić information content (AvgIpc) is 3.28. The Labute approximate surface area is 167 Å². The van der Waals surface area contributed by atoms with E-state index in [9.17, 15) is 9.59 Å². The van der Waals surface area contributed by atoms with Gasteiger partial charge in [-0.15, -0.1) is 0 Å². The van der Waals surface area contributed by atoms with Crippen LogP contribution in [0.3, 0.4) is 0 Å². The third-order valence-electron chi connectivity index (χ3n) is 5.49. The van der Waals surface area contributed by atoms with E-state index in [4.69, 9.17) is 0 Å². The molecule has 1 aliphatic rings. The maximum absolute atomic E-state index is 13.4. The number of aromatic nitrogens is 1. The van der Waals surface area contributed by atoms with Gasteiger partial charge in [-0.3, -0.25) is 19.5 Å². The van der Waals surface area contributed by atoms with Gasteiger partial charge in [-0.2, -0.15) is 0 Å². The Morgan fingerprint density at radius 3 is 2.54 bits per heavy atom. The minimum Gasteiger partial charge on any atom is -0.306 e. The zero-order chi connectivity index (χ0) is 19.9. The summed E-state index contributed by atoms with van der Waals surface area (Å²) in [6, 6.07) is 14.9. The molecule has 5 heteroatoms. The topological polar surface area (TPSA) is 62.3 Å². The van der Waals surface area contributed by atoms with Crippen LogP contribution < -0.4 is 5.32 Å². The van der Waals surface area contributed by atoms with Crippen molar-refractivity contribution in [1.29, 1.82) is 0 Å². The van der Waals surface area contributed by atoms with Crippen LogP contribution in [0.1, 0.15) is 50.4 Å².